The molecule has 0 spiro atoms. The van der Waals surface area contributed by atoms with E-state index in [4.69, 9.17) is 5.26 Å². The number of nitriles is 1. The Labute approximate surface area is 166 Å². The third-order valence-electron chi connectivity index (χ3n) is 4.19. The Morgan fingerprint density at radius 3 is 2.07 bits per heavy atom. The molecule has 4 rings (SSSR count). The number of rotatable bonds is 4. The molecule has 136 valence electrons. The topological polar surface area (TPSA) is 80.3 Å². The number of aromatic nitrogens is 5. The molecule has 0 saturated heterocycles. The van der Waals surface area contributed by atoms with Crippen LogP contribution in [-0.4, -0.2) is 25.0 Å². The maximum absolute atomic E-state index is 8.90. The van der Waals surface area contributed by atoms with Gasteiger partial charge < -0.3 is 0 Å². The van der Waals surface area contributed by atoms with Gasteiger partial charge in [-0.2, -0.15) is 5.26 Å². The Hall–Kier alpha value is -3.50. The van der Waals surface area contributed by atoms with E-state index in [1.165, 1.54) is 22.9 Å². The van der Waals surface area contributed by atoms with Crippen LogP contribution in [0.25, 0.3) is 17.1 Å². The van der Waals surface area contributed by atoms with Gasteiger partial charge >= 0.3 is 0 Å². The van der Waals surface area contributed by atoms with E-state index in [1.807, 2.05) is 34.9 Å². The summed E-state index contributed by atoms with van der Waals surface area (Å²) in [5.41, 5.74) is 4.60. The Morgan fingerprint density at radius 2 is 1.46 bits per heavy atom. The molecule has 6 nitrogen and oxygen atoms in total. The van der Waals surface area contributed by atoms with Crippen LogP contribution in [0.1, 0.15) is 16.8 Å². The minimum atomic E-state index is 0.282. The summed E-state index contributed by atoms with van der Waals surface area (Å²) in [6.07, 6.45) is 0. The van der Waals surface area contributed by atoms with Crippen molar-refractivity contribution >= 4 is 11.8 Å². The number of hydrogen-bond acceptors (Lipinski definition) is 6. The lowest BCUT2D eigenvalue weighted by atomic mass is 10.1. The van der Waals surface area contributed by atoms with Gasteiger partial charge in [0.15, 0.2) is 11.5 Å². The molecular weight excluding hydrogens is 368 g/mol. The average Bonchev–Trinajstić information content (AvgIpc) is 3.13. The van der Waals surface area contributed by atoms with E-state index >= 15 is 0 Å². The van der Waals surface area contributed by atoms with Gasteiger partial charge in [-0.05, 0) is 49.9 Å². The summed E-state index contributed by atoms with van der Waals surface area (Å²) in [7, 11) is 0. The van der Waals surface area contributed by atoms with E-state index < -0.39 is 0 Å². The van der Waals surface area contributed by atoms with Crippen molar-refractivity contribution in [3.8, 4) is 23.1 Å². The highest BCUT2D eigenvalue weighted by atomic mass is 32.2. The van der Waals surface area contributed by atoms with Crippen LogP contribution in [0.5, 0.6) is 0 Å². The first-order chi connectivity index (χ1) is 13.6. The molecule has 0 saturated carbocycles. The second-order valence-electron chi connectivity index (χ2n) is 6.31. The third-order valence-corrected chi connectivity index (χ3v) is 5.06. The van der Waals surface area contributed by atoms with Crippen molar-refractivity contribution in [2.75, 3.05) is 0 Å². The first-order valence-electron chi connectivity index (χ1n) is 8.65. The van der Waals surface area contributed by atoms with Gasteiger partial charge in [0.05, 0.1) is 0 Å². The highest BCUT2D eigenvalue weighted by Gasteiger charge is 2.17. The van der Waals surface area contributed by atoms with Gasteiger partial charge in [-0.15, -0.1) is 20.4 Å². The Morgan fingerprint density at radius 1 is 0.786 bits per heavy atom. The quantitative estimate of drug-likeness (QED) is 0.520. The summed E-state index contributed by atoms with van der Waals surface area (Å²) < 4.78 is 2.01. The molecule has 2 aromatic heterocycles. The molecule has 0 aliphatic rings. The van der Waals surface area contributed by atoms with Crippen molar-refractivity contribution in [2.45, 2.75) is 24.0 Å². The fourth-order valence-electron chi connectivity index (χ4n) is 2.68. The van der Waals surface area contributed by atoms with Gasteiger partial charge in [-0.3, -0.25) is 4.57 Å². The van der Waals surface area contributed by atoms with E-state index in [0.29, 0.717) is 10.2 Å². The van der Waals surface area contributed by atoms with Gasteiger partial charge in [0.1, 0.15) is 11.1 Å². The molecule has 0 fully saturated rings. The van der Waals surface area contributed by atoms with E-state index in [2.05, 4.69) is 58.5 Å². The molecule has 4 aromatic rings. The van der Waals surface area contributed by atoms with Crippen molar-refractivity contribution in [2.24, 2.45) is 0 Å². The lowest BCUT2D eigenvalue weighted by molar-refractivity contribution is 0.868. The molecule has 2 heterocycles. The highest BCUT2D eigenvalue weighted by molar-refractivity contribution is 7.99. The Balaban J connectivity index is 1.80. The van der Waals surface area contributed by atoms with E-state index in [1.54, 1.807) is 12.1 Å². The molecule has 0 aliphatic heterocycles. The van der Waals surface area contributed by atoms with Crippen LogP contribution in [0.4, 0.5) is 0 Å². The van der Waals surface area contributed by atoms with Crippen molar-refractivity contribution < 1.29 is 0 Å². The summed E-state index contributed by atoms with van der Waals surface area (Å²) in [5.74, 6) is 0.757. The zero-order chi connectivity index (χ0) is 19.5. The van der Waals surface area contributed by atoms with Crippen molar-refractivity contribution in [1.29, 1.82) is 5.26 Å². The van der Waals surface area contributed by atoms with Gasteiger partial charge in [-0.25, -0.2) is 0 Å². The predicted octanol–water partition coefficient (Wildman–Crippen LogP) is 4.36. The van der Waals surface area contributed by atoms with Crippen LogP contribution in [-0.2, 0) is 0 Å². The van der Waals surface area contributed by atoms with Crippen molar-refractivity contribution in [3.05, 3.63) is 77.5 Å². The standard InChI is InChI=1S/C21H16N6S/c1-14-3-7-16(8-4-14)20-25-26-21(27(20)18-10-5-15(2)6-11-18)28-19-12-9-17(13-22)23-24-19/h3-12H,1-2H3. The summed E-state index contributed by atoms with van der Waals surface area (Å²) in [6.45, 7) is 4.11. The SMILES string of the molecule is Cc1ccc(-c2nnc(Sc3ccc(C#N)nn3)n2-c2ccc(C)cc2)cc1. The smallest absolute Gasteiger partial charge is 0.202 e. The zero-order valence-corrected chi connectivity index (χ0v) is 16.2. The fraction of sp³-hybridized carbons (Fsp3) is 0.0952. The fourth-order valence-corrected chi connectivity index (χ4v) is 3.45. The largest absolute Gasteiger partial charge is 0.270 e. The summed E-state index contributed by atoms with van der Waals surface area (Å²) >= 11 is 1.36. The molecule has 28 heavy (non-hydrogen) atoms. The van der Waals surface area contributed by atoms with Crippen LogP contribution in [0.2, 0.25) is 0 Å². The molecule has 0 aliphatic carbocycles. The molecule has 0 N–H and O–H groups in total. The lowest BCUT2D eigenvalue weighted by Crippen LogP contribution is -2.00. The van der Waals surface area contributed by atoms with Crippen LogP contribution >= 0.6 is 11.8 Å². The van der Waals surface area contributed by atoms with E-state index in [0.717, 1.165) is 17.1 Å². The van der Waals surface area contributed by atoms with Gasteiger partial charge in [0.25, 0.3) is 0 Å². The average molecular weight is 384 g/mol. The molecule has 0 amide bonds. The first kappa shape index (κ1) is 17.9. The molecular formula is C21H16N6S. The summed E-state index contributed by atoms with van der Waals surface area (Å²) in [5, 5.41) is 27.0. The van der Waals surface area contributed by atoms with Gasteiger partial charge in [0, 0.05) is 11.3 Å². The van der Waals surface area contributed by atoms with Gasteiger partial charge in [-0.1, -0.05) is 47.5 Å². The number of aryl methyl sites for hydroxylation is 2. The Bertz CT molecular complexity index is 1140. The zero-order valence-electron chi connectivity index (χ0n) is 15.4. The number of hydrogen-bond donors (Lipinski definition) is 0. The monoisotopic (exact) mass is 384 g/mol. The molecule has 0 atom stereocenters. The maximum atomic E-state index is 8.90. The number of nitrogens with zero attached hydrogens (tertiary/aromatic N) is 6. The minimum absolute atomic E-state index is 0.282. The van der Waals surface area contributed by atoms with Crippen molar-refractivity contribution in [3.63, 3.8) is 0 Å². The molecule has 2 aromatic carbocycles. The van der Waals surface area contributed by atoms with E-state index in [9.17, 15) is 0 Å². The summed E-state index contributed by atoms with van der Waals surface area (Å²) in [6, 6.07) is 21.8. The minimum Gasteiger partial charge on any atom is -0.270 e. The third kappa shape index (κ3) is 3.63. The second kappa shape index (κ2) is 7.62. The normalized spacial score (nSPS) is 10.6. The predicted molar refractivity (Wildman–Crippen MR) is 107 cm³/mol. The molecule has 0 radical (unpaired) electrons. The lowest BCUT2D eigenvalue weighted by Gasteiger charge is -2.10. The second-order valence-corrected chi connectivity index (χ2v) is 7.30. The van der Waals surface area contributed by atoms with E-state index in [-0.39, 0.29) is 5.69 Å². The molecule has 0 unspecified atom stereocenters. The maximum Gasteiger partial charge on any atom is 0.202 e. The van der Waals surface area contributed by atoms with Crippen LogP contribution in [0.3, 0.4) is 0 Å². The molecule has 0 bridgehead atoms. The Kier molecular flexibility index (Phi) is 4.87. The van der Waals surface area contributed by atoms with Gasteiger partial charge in [0.2, 0.25) is 5.16 Å². The van der Waals surface area contributed by atoms with Crippen LogP contribution in [0.15, 0.2) is 70.8 Å². The number of benzene rings is 2. The highest BCUT2D eigenvalue weighted by Crippen LogP contribution is 2.31. The van der Waals surface area contributed by atoms with Crippen LogP contribution < -0.4 is 0 Å². The first-order valence-corrected chi connectivity index (χ1v) is 9.47. The van der Waals surface area contributed by atoms with Crippen molar-refractivity contribution in [1.82, 2.24) is 25.0 Å². The summed E-state index contributed by atoms with van der Waals surface area (Å²) in [4.78, 5) is 0. The molecule has 7 heteroatoms. The van der Waals surface area contributed by atoms with Crippen LogP contribution in [0, 0.1) is 25.2 Å².